The van der Waals surface area contributed by atoms with Crippen LogP contribution < -0.4 is 5.32 Å². The maximum Gasteiger partial charge on any atom is 0.307 e. The van der Waals surface area contributed by atoms with E-state index >= 15 is 0 Å². The second kappa shape index (κ2) is 5.59. The molecule has 2 amide bonds. The number of piperidine rings is 1. The summed E-state index contributed by atoms with van der Waals surface area (Å²) < 4.78 is 0. The number of carboxylic acids is 1. The standard InChI is InChI=1S/C13H20N2O4/c1-14-11(16)10-4-2-3-7-15(10)12(17)8-5-6-9(8)13(18)19/h8-10H,2-7H2,1H3,(H,14,16)(H,18,19). The topological polar surface area (TPSA) is 86.7 Å². The van der Waals surface area contributed by atoms with Crippen molar-refractivity contribution in [1.29, 1.82) is 0 Å². The van der Waals surface area contributed by atoms with Crippen LogP contribution in [0.2, 0.25) is 0 Å². The van der Waals surface area contributed by atoms with Crippen molar-refractivity contribution in [3.8, 4) is 0 Å². The van der Waals surface area contributed by atoms with Crippen molar-refractivity contribution in [1.82, 2.24) is 10.2 Å². The molecule has 0 aromatic rings. The van der Waals surface area contributed by atoms with Gasteiger partial charge in [0.15, 0.2) is 0 Å². The van der Waals surface area contributed by atoms with E-state index in [1.165, 1.54) is 0 Å². The zero-order valence-corrected chi connectivity index (χ0v) is 11.1. The highest BCUT2D eigenvalue weighted by Crippen LogP contribution is 2.37. The smallest absolute Gasteiger partial charge is 0.307 e. The molecule has 3 unspecified atom stereocenters. The van der Waals surface area contributed by atoms with Gasteiger partial charge in [0.1, 0.15) is 6.04 Å². The van der Waals surface area contributed by atoms with E-state index in [2.05, 4.69) is 5.32 Å². The van der Waals surface area contributed by atoms with Crippen LogP contribution >= 0.6 is 0 Å². The number of amides is 2. The summed E-state index contributed by atoms with van der Waals surface area (Å²) in [6.45, 7) is 0.555. The molecule has 1 aliphatic carbocycles. The number of nitrogens with zero attached hydrogens (tertiary/aromatic N) is 1. The molecule has 3 atom stereocenters. The lowest BCUT2D eigenvalue weighted by atomic mass is 9.72. The molecule has 1 saturated heterocycles. The first-order valence-electron chi connectivity index (χ1n) is 6.81. The molecular formula is C13H20N2O4. The minimum Gasteiger partial charge on any atom is -0.481 e. The van der Waals surface area contributed by atoms with Gasteiger partial charge in [-0.05, 0) is 32.1 Å². The molecule has 2 fully saturated rings. The number of hydrogen-bond acceptors (Lipinski definition) is 3. The van der Waals surface area contributed by atoms with E-state index < -0.39 is 23.8 Å². The van der Waals surface area contributed by atoms with Crippen LogP contribution in [0.4, 0.5) is 0 Å². The highest BCUT2D eigenvalue weighted by Gasteiger charge is 2.45. The fourth-order valence-corrected chi connectivity index (χ4v) is 2.94. The third-order valence-corrected chi connectivity index (χ3v) is 4.24. The van der Waals surface area contributed by atoms with Crippen LogP contribution in [-0.2, 0) is 14.4 Å². The number of aliphatic carboxylic acids is 1. The van der Waals surface area contributed by atoms with E-state index in [0.717, 1.165) is 12.8 Å². The molecule has 2 N–H and O–H groups in total. The van der Waals surface area contributed by atoms with E-state index in [-0.39, 0.29) is 11.8 Å². The van der Waals surface area contributed by atoms with Crippen molar-refractivity contribution in [3.63, 3.8) is 0 Å². The number of carboxylic acid groups (broad SMARTS) is 1. The van der Waals surface area contributed by atoms with Gasteiger partial charge < -0.3 is 15.3 Å². The second-order valence-corrected chi connectivity index (χ2v) is 5.29. The van der Waals surface area contributed by atoms with Gasteiger partial charge in [-0.2, -0.15) is 0 Å². The second-order valence-electron chi connectivity index (χ2n) is 5.29. The Morgan fingerprint density at radius 1 is 1.11 bits per heavy atom. The third-order valence-electron chi connectivity index (χ3n) is 4.24. The summed E-state index contributed by atoms with van der Waals surface area (Å²) in [7, 11) is 1.56. The Kier molecular flexibility index (Phi) is 4.07. The molecule has 1 aliphatic heterocycles. The Morgan fingerprint density at radius 3 is 2.32 bits per heavy atom. The molecule has 106 valence electrons. The molecule has 0 spiro atoms. The molecule has 19 heavy (non-hydrogen) atoms. The molecule has 6 nitrogen and oxygen atoms in total. The zero-order valence-electron chi connectivity index (χ0n) is 11.1. The Bertz CT molecular complexity index is 396. The molecule has 6 heteroatoms. The lowest BCUT2D eigenvalue weighted by Gasteiger charge is -2.41. The van der Waals surface area contributed by atoms with Crippen molar-refractivity contribution in [2.24, 2.45) is 11.8 Å². The lowest BCUT2D eigenvalue weighted by Crippen LogP contribution is -2.55. The average Bonchev–Trinajstić information content (AvgIpc) is 2.35. The first kappa shape index (κ1) is 13.8. The van der Waals surface area contributed by atoms with E-state index in [4.69, 9.17) is 5.11 Å². The Morgan fingerprint density at radius 2 is 1.79 bits per heavy atom. The van der Waals surface area contributed by atoms with Gasteiger partial charge in [0.2, 0.25) is 11.8 Å². The van der Waals surface area contributed by atoms with Crippen molar-refractivity contribution in [2.45, 2.75) is 38.1 Å². The van der Waals surface area contributed by atoms with Crippen LogP contribution in [0, 0.1) is 11.8 Å². The summed E-state index contributed by atoms with van der Waals surface area (Å²) in [5, 5.41) is 11.6. The van der Waals surface area contributed by atoms with Crippen LogP contribution in [-0.4, -0.2) is 47.4 Å². The number of nitrogens with one attached hydrogen (secondary N) is 1. The SMILES string of the molecule is CNC(=O)C1CCCCN1C(=O)C1CCC1C(=O)O. The summed E-state index contributed by atoms with van der Waals surface area (Å²) in [6, 6.07) is -0.429. The van der Waals surface area contributed by atoms with Crippen molar-refractivity contribution < 1.29 is 19.5 Å². The maximum atomic E-state index is 12.4. The van der Waals surface area contributed by atoms with Crippen LogP contribution in [0.15, 0.2) is 0 Å². The third kappa shape index (κ3) is 2.57. The fourth-order valence-electron chi connectivity index (χ4n) is 2.94. The van der Waals surface area contributed by atoms with Gasteiger partial charge >= 0.3 is 5.97 Å². The summed E-state index contributed by atoms with van der Waals surface area (Å²) in [5.41, 5.74) is 0. The molecule has 1 heterocycles. The molecular weight excluding hydrogens is 248 g/mol. The first-order chi connectivity index (χ1) is 9.06. The van der Waals surface area contributed by atoms with Gasteiger partial charge in [-0.3, -0.25) is 14.4 Å². The van der Waals surface area contributed by atoms with E-state index in [1.807, 2.05) is 0 Å². The average molecular weight is 268 g/mol. The van der Waals surface area contributed by atoms with Crippen LogP contribution in [0.5, 0.6) is 0 Å². The Balaban J connectivity index is 2.07. The Hall–Kier alpha value is -1.59. The van der Waals surface area contributed by atoms with Crippen molar-refractivity contribution in [2.75, 3.05) is 13.6 Å². The summed E-state index contributed by atoms with van der Waals surface area (Å²) in [5.74, 6) is -2.23. The van der Waals surface area contributed by atoms with Gasteiger partial charge in [0.05, 0.1) is 11.8 Å². The minimum absolute atomic E-state index is 0.153. The highest BCUT2D eigenvalue weighted by atomic mass is 16.4. The molecule has 0 aromatic carbocycles. The molecule has 0 radical (unpaired) electrons. The molecule has 0 aromatic heterocycles. The number of carbonyl (C=O) groups excluding carboxylic acids is 2. The molecule has 2 rings (SSSR count). The predicted octanol–water partition coefficient (Wildman–Crippen LogP) is 0.224. The van der Waals surface area contributed by atoms with Gasteiger partial charge in [0.25, 0.3) is 0 Å². The number of likely N-dealkylation sites (tertiary alicyclic amines) is 1. The van der Waals surface area contributed by atoms with E-state index in [0.29, 0.717) is 25.8 Å². The fraction of sp³-hybridized carbons (Fsp3) is 0.769. The Labute approximate surface area is 112 Å². The maximum absolute atomic E-state index is 12.4. The zero-order chi connectivity index (χ0) is 14.0. The van der Waals surface area contributed by atoms with Crippen molar-refractivity contribution in [3.05, 3.63) is 0 Å². The van der Waals surface area contributed by atoms with Gasteiger partial charge in [-0.25, -0.2) is 0 Å². The van der Waals surface area contributed by atoms with Gasteiger partial charge in [-0.1, -0.05) is 0 Å². The van der Waals surface area contributed by atoms with Crippen LogP contribution in [0.3, 0.4) is 0 Å². The van der Waals surface area contributed by atoms with Gasteiger partial charge in [0, 0.05) is 13.6 Å². The highest BCUT2D eigenvalue weighted by molar-refractivity contribution is 5.91. The molecule has 0 bridgehead atoms. The molecule has 1 saturated carbocycles. The van der Waals surface area contributed by atoms with E-state index in [1.54, 1.807) is 11.9 Å². The van der Waals surface area contributed by atoms with Gasteiger partial charge in [-0.15, -0.1) is 0 Å². The normalized spacial score (nSPS) is 30.4. The van der Waals surface area contributed by atoms with E-state index in [9.17, 15) is 14.4 Å². The lowest BCUT2D eigenvalue weighted by molar-refractivity contribution is -0.159. The van der Waals surface area contributed by atoms with Crippen molar-refractivity contribution >= 4 is 17.8 Å². The summed E-state index contributed by atoms with van der Waals surface area (Å²) in [4.78, 5) is 36.8. The largest absolute Gasteiger partial charge is 0.481 e. The quantitative estimate of drug-likeness (QED) is 0.767. The molecule has 2 aliphatic rings. The van der Waals surface area contributed by atoms with Crippen LogP contribution in [0.1, 0.15) is 32.1 Å². The number of rotatable bonds is 3. The minimum atomic E-state index is -0.905. The number of likely N-dealkylation sites (N-methyl/N-ethyl adjacent to an activating group) is 1. The predicted molar refractivity (Wildman–Crippen MR) is 67.3 cm³/mol. The van der Waals surface area contributed by atoms with Crippen LogP contribution in [0.25, 0.3) is 0 Å². The monoisotopic (exact) mass is 268 g/mol. The summed E-state index contributed by atoms with van der Waals surface area (Å²) >= 11 is 0. The number of carbonyl (C=O) groups is 3. The number of hydrogen-bond donors (Lipinski definition) is 2. The summed E-state index contributed by atoms with van der Waals surface area (Å²) in [6.07, 6.45) is 3.64. The first-order valence-corrected chi connectivity index (χ1v) is 6.81.